The molecule has 0 unspecified atom stereocenters. The molecule has 0 aliphatic rings. The third kappa shape index (κ3) is 1.48. The highest BCUT2D eigenvalue weighted by Crippen LogP contribution is 2.16. The minimum Gasteiger partial charge on any atom is -0.459 e. The lowest BCUT2D eigenvalue weighted by atomic mass is 10.4. The molecule has 5 heteroatoms. The van der Waals surface area contributed by atoms with Gasteiger partial charge in [-0.25, -0.2) is 0 Å². The van der Waals surface area contributed by atoms with Crippen molar-refractivity contribution < 1.29 is 13.7 Å². The van der Waals surface area contributed by atoms with Gasteiger partial charge in [0.15, 0.2) is 11.6 Å². The number of nitrogens with zero attached hydrogens (tertiary/aromatic N) is 2. The molecule has 0 aromatic carbocycles. The molecule has 0 spiro atoms. The van der Waals surface area contributed by atoms with Crippen molar-refractivity contribution in [1.82, 2.24) is 10.1 Å². The molecule has 0 radical (unpaired) electrons. The quantitative estimate of drug-likeness (QED) is 0.657. The number of aromatic nitrogens is 2. The molecular weight excluding hydrogens is 172 g/mol. The summed E-state index contributed by atoms with van der Waals surface area (Å²) in [7, 11) is 0. The van der Waals surface area contributed by atoms with Crippen molar-refractivity contribution in [1.29, 1.82) is 0 Å². The molecule has 0 aliphatic carbocycles. The predicted octanol–water partition coefficient (Wildman–Crippen LogP) is 1.07. The first-order valence-electron chi connectivity index (χ1n) is 3.70. The fourth-order valence-corrected chi connectivity index (χ4v) is 0.912. The van der Waals surface area contributed by atoms with E-state index in [2.05, 4.69) is 10.1 Å². The van der Waals surface area contributed by atoms with Crippen molar-refractivity contribution in [2.75, 3.05) is 0 Å². The Morgan fingerprint density at radius 2 is 2.46 bits per heavy atom. The van der Waals surface area contributed by atoms with Crippen LogP contribution in [0.2, 0.25) is 0 Å². The Hall–Kier alpha value is -1.91. The molecule has 0 bridgehead atoms. The summed E-state index contributed by atoms with van der Waals surface area (Å²) in [4.78, 5) is 14.1. The van der Waals surface area contributed by atoms with Gasteiger partial charge in [0, 0.05) is 0 Å². The van der Waals surface area contributed by atoms with E-state index in [1.165, 1.54) is 6.26 Å². The topological polar surface area (TPSA) is 69.1 Å². The average Bonchev–Trinajstić information content (AvgIpc) is 2.70. The van der Waals surface area contributed by atoms with E-state index >= 15 is 0 Å². The summed E-state index contributed by atoms with van der Waals surface area (Å²) in [5.74, 6) is 1.16. The van der Waals surface area contributed by atoms with Crippen molar-refractivity contribution in [3.8, 4) is 11.7 Å². The molecule has 2 aromatic heterocycles. The third-order valence-corrected chi connectivity index (χ3v) is 1.47. The van der Waals surface area contributed by atoms with Gasteiger partial charge >= 0.3 is 0 Å². The van der Waals surface area contributed by atoms with Crippen LogP contribution >= 0.6 is 0 Å². The molecule has 0 atom stereocenters. The van der Waals surface area contributed by atoms with Gasteiger partial charge < -0.3 is 13.7 Å². The van der Waals surface area contributed by atoms with Gasteiger partial charge in [-0.1, -0.05) is 5.16 Å². The lowest BCUT2D eigenvalue weighted by molar-refractivity contribution is -0.107. The maximum Gasteiger partial charge on any atom is 0.293 e. The highest BCUT2D eigenvalue weighted by Gasteiger charge is 2.09. The second kappa shape index (κ2) is 3.22. The molecule has 5 nitrogen and oxygen atoms in total. The van der Waals surface area contributed by atoms with Crippen LogP contribution in [0.3, 0.4) is 0 Å². The van der Waals surface area contributed by atoms with Crippen LogP contribution in [-0.2, 0) is 11.2 Å². The molecule has 0 N–H and O–H groups in total. The Balaban J connectivity index is 2.28. The molecule has 0 amide bonds. The first-order valence-corrected chi connectivity index (χ1v) is 3.70. The lowest BCUT2D eigenvalue weighted by Crippen LogP contribution is -1.87. The van der Waals surface area contributed by atoms with Crippen LogP contribution in [0.1, 0.15) is 5.82 Å². The van der Waals surface area contributed by atoms with E-state index in [1.54, 1.807) is 12.1 Å². The van der Waals surface area contributed by atoms with Gasteiger partial charge in [-0.2, -0.15) is 4.98 Å². The molecule has 0 saturated carbocycles. The Bertz CT molecular complexity index is 391. The lowest BCUT2D eigenvalue weighted by Gasteiger charge is -1.81. The molecule has 2 aromatic rings. The van der Waals surface area contributed by atoms with Crippen LogP contribution in [-0.4, -0.2) is 16.4 Å². The molecule has 0 aliphatic heterocycles. The SMILES string of the molecule is O=CCc1noc(-c2ccco2)n1. The molecule has 2 heterocycles. The van der Waals surface area contributed by atoms with Gasteiger partial charge in [0.1, 0.15) is 6.29 Å². The second-order valence-corrected chi connectivity index (χ2v) is 2.36. The first-order chi connectivity index (χ1) is 6.40. The summed E-state index contributed by atoms with van der Waals surface area (Å²) < 4.78 is 9.87. The molecule has 0 saturated heterocycles. The molecule has 13 heavy (non-hydrogen) atoms. The normalized spacial score (nSPS) is 10.2. The molecule has 0 fully saturated rings. The Labute approximate surface area is 73.4 Å². The molecule has 2 rings (SSSR count). The van der Waals surface area contributed by atoms with Gasteiger partial charge in [-0.15, -0.1) is 0 Å². The molecular formula is C8H6N2O3. The number of hydrogen-bond donors (Lipinski definition) is 0. The Kier molecular flexibility index (Phi) is 1.91. The largest absolute Gasteiger partial charge is 0.459 e. The second-order valence-electron chi connectivity index (χ2n) is 2.36. The van der Waals surface area contributed by atoms with Crippen molar-refractivity contribution in [2.45, 2.75) is 6.42 Å². The van der Waals surface area contributed by atoms with Crippen LogP contribution in [0.15, 0.2) is 27.3 Å². The summed E-state index contributed by atoms with van der Waals surface area (Å²) in [6, 6.07) is 3.43. The standard InChI is InChI=1S/C8H6N2O3/c11-4-3-7-9-8(13-10-7)6-2-1-5-12-6/h1-2,4-5H,3H2. The summed E-state index contributed by atoms with van der Waals surface area (Å²) in [6.45, 7) is 0. The summed E-state index contributed by atoms with van der Waals surface area (Å²) in [5, 5.41) is 3.58. The third-order valence-electron chi connectivity index (χ3n) is 1.47. The number of hydrogen-bond acceptors (Lipinski definition) is 5. The smallest absolute Gasteiger partial charge is 0.293 e. The number of aldehydes is 1. The minimum atomic E-state index is 0.157. The first kappa shape index (κ1) is 7.72. The average molecular weight is 178 g/mol. The van der Waals surface area contributed by atoms with E-state index in [0.29, 0.717) is 17.5 Å². The zero-order valence-electron chi connectivity index (χ0n) is 6.64. The van der Waals surface area contributed by atoms with Gasteiger partial charge in [-0.3, -0.25) is 0 Å². The van der Waals surface area contributed by atoms with E-state index in [0.717, 1.165) is 6.29 Å². The van der Waals surface area contributed by atoms with E-state index in [4.69, 9.17) is 8.94 Å². The number of rotatable bonds is 3. The predicted molar refractivity (Wildman–Crippen MR) is 41.8 cm³/mol. The minimum absolute atomic E-state index is 0.157. The van der Waals surface area contributed by atoms with E-state index in [1.807, 2.05) is 0 Å². The van der Waals surface area contributed by atoms with Gasteiger partial charge in [0.25, 0.3) is 5.89 Å². The Morgan fingerprint density at radius 3 is 3.15 bits per heavy atom. The molecule has 66 valence electrons. The summed E-state index contributed by atoms with van der Waals surface area (Å²) >= 11 is 0. The summed E-state index contributed by atoms with van der Waals surface area (Å²) in [6.07, 6.45) is 2.39. The fourth-order valence-electron chi connectivity index (χ4n) is 0.912. The summed E-state index contributed by atoms with van der Waals surface area (Å²) in [5.41, 5.74) is 0. The number of carbonyl (C=O) groups excluding carboxylic acids is 1. The maximum absolute atomic E-state index is 10.1. The Morgan fingerprint density at radius 1 is 1.54 bits per heavy atom. The highest BCUT2D eigenvalue weighted by molar-refractivity contribution is 5.53. The zero-order valence-corrected chi connectivity index (χ0v) is 6.64. The van der Waals surface area contributed by atoms with Crippen molar-refractivity contribution in [3.63, 3.8) is 0 Å². The van der Waals surface area contributed by atoms with Crippen LogP contribution in [0.5, 0.6) is 0 Å². The highest BCUT2D eigenvalue weighted by atomic mass is 16.5. The van der Waals surface area contributed by atoms with Gasteiger partial charge in [0.2, 0.25) is 0 Å². The van der Waals surface area contributed by atoms with Crippen LogP contribution in [0, 0.1) is 0 Å². The van der Waals surface area contributed by atoms with Crippen molar-refractivity contribution in [3.05, 3.63) is 24.2 Å². The van der Waals surface area contributed by atoms with Gasteiger partial charge in [0.05, 0.1) is 12.7 Å². The van der Waals surface area contributed by atoms with Crippen molar-refractivity contribution >= 4 is 6.29 Å². The maximum atomic E-state index is 10.1. The fraction of sp³-hybridized carbons (Fsp3) is 0.125. The van der Waals surface area contributed by atoms with E-state index in [-0.39, 0.29) is 6.42 Å². The van der Waals surface area contributed by atoms with Gasteiger partial charge in [-0.05, 0) is 12.1 Å². The van der Waals surface area contributed by atoms with Crippen LogP contribution in [0.25, 0.3) is 11.7 Å². The van der Waals surface area contributed by atoms with E-state index < -0.39 is 0 Å². The number of furan rings is 1. The van der Waals surface area contributed by atoms with Crippen LogP contribution < -0.4 is 0 Å². The zero-order chi connectivity index (χ0) is 9.10. The van der Waals surface area contributed by atoms with E-state index in [9.17, 15) is 4.79 Å². The monoisotopic (exact) mass is 178 g/mol. The number of carbonyl (C=O) groups is 1. The van der Waals surface area contributed by atoms with Crippen LogP contribution in [0.4, 0.5) is 0 Å². The van der Waals surface area contributed by atoms with Crippen molar-refractivity contribution in [2.24, 2.45) is 0 Å².